The van der Waals surface area contributed by atoms with Crippen molar-refractivity contribution in [2.24, 2.45) is 0 Å². The van der Waals surface area contributed by atoms with Crippen LogP contribution in [0.15, 0.2) is 36.4 Å². The van der Waals surface area contributed by atoms with Gasteiger partial charge in [-0.25, -0.2) is 0 Å². The summed E-state index contributed by atoms with van der Waals surface area (Å²) in [5.41, 5.74) is 0.617. The van der Waals surface area contributed by atoms with Crippen LogP contribution in [-0.4, -0.2) is 178 Å². The smallest absolute Gasteiger partial charge is 0.229 e. The van der Waals surface area contributed by atoms with Gasteiger partial charge >= 0.3 is 0 Å². The summed E-state index contributed by atoms with van der Waals surface area (Å²) < 4.78 is 32.8. The van der Waals surface area contributed by atoms with Crippen molar-refractivity contribution in [3.05, 3.63) is 47.5 Å². The van der Waals surface area contributed by atoms with Crippen LogP contribution in [0.2, 0.25) is 0 Å². The van der Waals surface area contributed by atoms with Crippen LogP contribution in [0.1, 0.15) is 11.1 Å². The molecule has 13 N–H and O–H groups in total. The van der Waals surface area contributed by atoms with Gasteiger partial charge in [-0.3, -0.25) is 0 Å². The van der Waals surface area contributed by atoms with Crippen molar-refractivity contribution in [3.8, 4) is 23.0 Å². The zero-order valence-corrected chi connectivity index (χ0v) is 26.7. The van der Waals surface area contributed by atoms with Gasteiger partial charge in [-0.2, -0.15) is 0 Å². The molecule has 15 atom stereocenters. The monoisotopic (exact) mass is 730 g/mol. The summed E-state index contributed by atoms with van der Waals surface area (Å²) in [5.74, 6) is -0.587. The van der Waals surface area contributed by atoms with Gasteiger partial charge in [0.25, 0.3) is 0 Å². The molecule has 19 nitrogen and oxygen atoms in total. The van der Waals surface area contributed by atoms with Gasteiger partial charge in [0.1, 0.15) is 96.2 Å². The number of rotatable bonds is 11. The van der Waals surface area contributed by atoms with Crippen LogP contribution in [0.5, 0.6) is 23.0 Å². The second kappa shape index (κ2) is 16.6. The van der Waals surface area contributed by atoms with E-state index in [0.717, 1.165) is 0 Å². The number of ether oxygens (including phenoxy) is 6. The molecule has 0 aromatic heterocycles. The lowest BCUT2D eigenvalue weighted by atomic mass is 9.98. The summed E-state index contributed by atoms with van der Waals surface area (Å²) in [6, 6.07) is 7.97. The van der Waals surface area contributed by atoms with Crippen LogP contribution in [0.4, 0.5) is 0 Å². The predicted octanol–water partition coefficient (Wildman–Crippen LogP) is -4.55. The minimum atomic E-state index is -1.79. The van der Waals surface area contributed by atoms with Crippen LogP contribution in [0, 0.1) is 0 Å². The second-order valence-corrected chi connectivity index (χ2v) is 12.3. The Morgan fingerprint density at radius 1 is 0.529 bits per heavy atom. The highest BCUT2D eigenvalue weighted by atomic mass is 16.7. The Labute approximate surface area is 289 Å². The van der Waals surface area contributed by atoms with Crippen LogP contribution >= 0.6 is 0 Å². The normalized spacial score (nSPS) is 38.8. The molecule has 3 aliphatic rings. The van der Waals surface area contributed by atoms with Gasteiger partial charge in [0.05, 0.1) is 19.8 Å². The molecular formula is C32H42O19. The summed E-state index contributed by atoms with van der Waals surface area (Å²) in [6.07, 6.45) is -20.8. The number of aromatic hydroxyl groups is 2. The topological polar surface area (TPSA) is 318 Å². The Bertz CT molecular complexity index is 1470. The number of aliphatic hydroxyl groups is 11. The van der Waals surface area contributed by atoms with Gasteiger partial charge in [-0.15, -0.1) is 0 Å². The summed E-state index contributed by atoms with van der Waals surface area (Å²) in [7, 11) is 0. The highest BCUT2D eigenvalue weighted by Gasteiger charge is 2.48. The molecule has 0 radical (unpaired) electrons. The van der Waals surface area contributed by atoms with Crippen molar-refractivity contribution in [2.75, 3.05) is 19.8 Å². The summed E-state index contributed by atoms with van der Waals surface area (Å²) in [5, 5.41) is 131. The molecule has 15 unspecified atom stereocenters. The quantitative estimate of drug-likeness (QED) is 0.0968. The first-order valence-corrected chi connectivity index (χ1v) is 15.8. The molecule has 0 spiro atoms. The summed E-state index contributed by atoms with van der Waals surface area (Å²) in [4.78, 5) is 0. The van der Waals surface area contributed by atoms with E-state index in [1.807, 2.05) is 0 Å². The second-order valence-electron chi connectivity index (χ2n) is 12.3. The minimum Gasteiger partial charge on any atom is -0.508 e. The van der Waals surface area contributed by atoms with E-state index in [0.29, 0.717) is 5.56 Å². The molecular weight excluding hydrogens is 688 g/mol. The number of hydrogen-bond donors (Lipinski definition) is 13. The Hall–Kier alpha value is -3.22. The maximum Gasteiger partial charge on any atom is 0.229 e. The van der Waals surface area contributed by atoms with E-state index in [1.165, 1.54) is 48.6 Å². The molecule has 3 aliphatic heterocycles. The molecule has 51 heavy (non-hydrogen) atoms. The lowest BCUT2D eigenvalue weighted by Gasteiger charge is -2.42. The SMILES string of the molecule is OCC1OC(OCC2OC(Oc3ccc(C=Cc4cc(O)cc(OC5OC(CO)C(O)C(O)C5O)c4)c(O)c3)C(O)C(O)C2O)C(O)C(O)C1O. The zero-order valence-electron chi connectivity index (χ0n) is 26.7. The number of hydrogen-bond acceptors (Lipinski definition) is 19. The molecule has 5 rings (SSSR count). The van der Waals surface area contributed by atoms with Crippen LogP contribution in [0.25, 0.3) is 12.2 Å². The lowest BCUT2D eigenvalue weighted by molar-refractivity contribution is -0.323. The van der Waals surface area contributed by atoms with Gasteiger partial charge in [-0.1, -0.05) is 12.2 Å². The van der Waals surface area contributed by atoms with E-state index in [4.69, 9.17) is 28.4 Å². The maximum absolute atomic E-state index is 10.7. The van der Waals surface area contributed by atoms with Crippen molar-refractivity contribution >= 4 is 12.2 Å². The van der Waals surface area contributed by atoms with Crippen LogP contribution in [-0.2, 0) is 18.9 Å². The standard InChI is InChI=1S/C32H42O19/c33-9-18-21(37)24(40)27(43)30(49-18)46-11-20-23(39)26(42)29(45)31(51-20)47-15-4-3-13(17(36)8-15)2-1-12-5-14(35)7-16(6-12)48-32-28(44)25(41)22(38)19(10-34)50-32/h1-8,18-45H,9-11H2. The van der Waals surface area contributed by atoms with E-state index >= 15 is 0 Å². The molecule has 2 aromatic carbocycles. The van der Waals surface area contributed by atoms with Gasteiger partial charge in [0.2, 0.25) is 12.6 Å². The molecule has 3 heterocycles. The fourth-order valence-electron chi connectivity index (χ4n) is 5.67. The third kappa shape index (κ3) is 8.71. The highest BCUT2D eigenvalue weighted by Crippen LogP contribution is 2.32. The average Bonchev–Trinajstić information content (AvgIpc) is 3.10. The van der Waals surface area contributed by atoms with E-state index in [-0.39, 0.29) is 28.6 Å². The van der Waals surface area contributed by atoms with Crippen LogP contribution in [0.3, 0.4) is 0 Å². The third-order valence-corrected chi connectivity index (χ3v) is 8.67. The van der Waals surface area contributed by atoms with Crippen LogP contribution < -0.4 is 9.47 Å². The van der Waals surface area contributed by atoms with Gasteiger partial charge < -0.3 is 94.8 Å². The van der Waals surface area contributed by atoms with E-state index < -0.39 is 112 Å². The van der Waals surface area contributed by atoms with Gasteiger partial charge in [-0.05, 0) is 29.8 Å². The fraction of sp³-hybridized carbons (Fsp3) is 0.562. The maximum atomic E-state index is 10.7. The van der Waals surface area contributed by atoms with Crippen molar-refractivity contribution in [1.82, 2.24) is 0 Å². The molecule has 3 saturated heterocycles. The average molecular weight is 731 g/mol. The van der Waals surface area contributed by atoms with E-state index in [2.05, 4.69) is 0 Å². The van der Waals surface area contributed by atoms with Crippen molar-refractivity contribution in [1.29, 1.82) is 0 Å². The largest absolute Gasteiger partial charge is 0.508 e. The molecule has 19 heteroatoms. The number of benzene rings is 2. The summed E-state index contributed by atoms with van der Waals surface area (Å²) in [6.45, 7) is -1.92. The molecule has 0 saturated carbocycles. The van der Waals surface area contributed by atoms with Crippen molar-refractivity contribution < 1.29 is 94.8 Å². The molecule has 0 aliphatic carbocycles. The minimum absolute atomic E-state index is 0.00203. The first-order valence-electron chi connectivity index (χ1n) is 15.8. The molecule has 0 amide bonds. The lowest BCUT2D eigenvalue weighted by Crippen LogP contribution is -2.62. The molecule has 3 fully saturated rings. The van der Waals surface area contributed by atoms with E-state index in [1.54, 1.807) is 0 Å². The number of aliphatic hydroxyl groups excluding tert-OH is 11. The highest BCUT2D eigenvalue weighted by molar-refractivity contribution is 5.74. The number of phenols is 2. The Morgan fingerprint density at radius 2 is 1.04 bits per heavy atom. The van der Waals surface area contributed by atoms with E-state index in [9.17, 15) is 66.4 Å². The predicted molar refractivity (Wildman–Crippen MR) is 167 cm³/mol. The number of phenolic OH excluding ortho intramolecular Hbond substituents is 2. The Kier molecular flexibility index (Phi) is 12.7. The Balaban J connectivity index is 1.22. The van der Waals surface area contributed by atoms with Crippen molar-refractivity contribution in [3.63, 3.8) is 0 Å². The Morgan fingerprint density at radius 3 is 1.61 bits per heavy atom. The van der Waals surface area contributed by atoms with Crippen molar-refractivity contribution in [2.45, 2.75) is 92.1 Å². The molecule has 284 valence electrons. The zero-order chi connectivity index (χ0) is 37.1. The first kappa shape index (κ1) is 39.0. The third-order valence-electron chi connectivity index (χ3n) is 8.67. The molecule has 2 aromatic rings. The molecule has 0 bridgehead atoms. The van der Waals surface area contributed by atoms with Gasteiger partial charge in [0.15, 0.2) is 6.29 Å². The van der Waals surface area contributed by atoms with Gasteiger partial charge in [0, 0.05) is 17.7 Å². The fourth-order valence-corrected chi connectivity index (χ4v) is 5.67. The summed E-state index contributed by atoms with van der Waals surface area (Å²) >= 11 is 0. The first-order chi connectivity index (χ1) is 24.2.